The fourth-order valence-corrected chi connectivity index (χ4v) is 6.59. The van der Waals surface area contributed by atoms with Gasteiger partial charge in [0, 0.05) is 18.9 Å². The van der Waals surface area contributed by atoms with Crippen LogP contribution in [0.15, 0.2) is 12.2 Å². The lowest BCUT2D eigenvalue weighted by Gasteiger charge is -2.35. The van der Waals surface area contributed by atoms with Crippen molar-refractivity contribution < 1.29 is 13.6 Å². The minimum atomic E-state index is -1.56. The zero-order valence-corrected chi connectivity index (χ0v) is 19.8. The summed E-state index contributed by atoms with van der Waals surface area (Å²) < 4.78 is 12.6. The van der Waals surface area contributed by atoms with E-state index in [-0.39, 0.29) is 11.7 Å². The first-order chi connectivity index (χ1) is 11.3. The Morgan fingerprint density at radius 2 is 1.72 bits per heavy atom. The van der Waals surface area contributed by atoms with E-state index < -0.39 is 16.6 Å². The molecule has 1 fully saturated rings. The molecule has 146 valence electrons. The molecule has 1 rings (SSSR count). The van der Waals surface area contributed by atoms with Crippen molar-refractivity contribution in [1.82, 2.24) is 0 Å². The molecule has 0 bridgehead atoms. The molecule has 0 amide bonds. The van der Waals surface area contributed by atoms with Gasteiger partial charge in [0.25, 0.3) is 0 Å². The van der Waals surface area contributed by atoms with Gasteiger partial charge in [-0.1, -0.05) is 12.2 Å². The molecule has 1 saturated carbocycles. The van der Waals surface area contributed by atoms with Gasteiger partial charge in [-0.25, -0.2) is 0 Å². The molecule has 5 heteroatoms. The van der Waals surface area contributed by atoms with Crippen LogP contribution in [0.2, 0.25) is 39.3 Å². The summed E-state index contributed by atoms with van der Waals surface area (Å²) >= 11 is 0. The Balaban J connectivity index is 2.47. The zero-order chi connectivity index (χ0) is 19.3. The van der Waals surface area contributed by atoms with Crippen molar-refractivity contribution in [2.24, 2.45) is 5.92 Å². The standard InChI is InChI=1S/C20H40O3Si2/c1-20(2,23-25(6,7)8)15-11-9-10-12-17-16-18(21)13-14-19(17)22-24(3,4)5/h9-10,17,19H,11-16H2,1-8H3/b10-9+. The van der Waals surface area contributed by atoms with E-state index in [2.05, 4.69) is 65.3 Å². The molecule has 0 aromatic heterocycles. The van der Waals surface area contributed by atoms with Crippen LogP contribution in [0.3, 0.4) is 0 Å². The van der Waals surface area contributed by atoms with Crippen molar-refractivity contribution in [2.45, 2.75) is 103 Å². The van der Waals surface area contributed by atoms with Gasteiger partial charge in [-0.15, -0.1) is 0 Å². The zero-order valence-electron chi connectivity index (χ0n) is 17.8. The van der Waals surface area contributed by atoms with E-state index in [1.54, 1.807) is 0 Å². The Bertz CT molecular complexity index is 459. The van der Waals surface area contributed by atoms with Crippen LogP contribution in [-0.4, -0.2) is 34.1 Å². The maximum atomic E-state index is 11.9. The maximum absolute atomic E-state index is 11.9. The smallest absolute Gasteiger partial charge is 0.184 e. The SMILES string of the molecule is CC(C)(CC/C=C/CC1CC(=O)CCC1O[Si](C)(C)C)O[Si](C)(C)C. The van der Waals surface area contributed by atoms with Gasteiger partial charge in [0.15, 0.2) is 16.6 Å². The van der Waals surface area contributed by atoms with Gasteiger partial charge in [0.2, 0.25) is 0 Å². The summed E-state index contributed by atoms with van der Waals surface area (Å²) in [6.07, 6.45) is 10.1. The number of hydrogen-bond acceptors (Lipinski definition) is 3. The molecule has 25 heavy (non-hydrogen) atoms. The van der Waals surface area contributed by atoms with Crippen LogP contribution in [0.1, 0.15) is 52.4 Å². The Morgan fingerprint density at radius 1 is 1.08 bits per heavy atom. The summed E-state index contributed by atoms with van der Waals surface area (Å²) in [5, 5.41) is 0. The van der Waals surface area contributed by atoms with Crippen molar-refractivity contribution in [1.29, 1.82) is 0 Å². The molecule has 0 aromatic rings. The van der Waals surface area contributed by atoms with E-state index >= 15 is 0 Å². The van der Waals surface area contributed by atoms with E-state index in [0.29, 0.717) is 24.5 Å². The largest absolute Gasteiger partial charge is 0.414 e. The highest BCUT2D eigenvalue weighted by atomic mass is 28.4. The summed E-state index contributed by atoms with van der Waals surface area (Å²) in [5.41, 5.74) is -0.0565. The van der Waals surface area contributed by atoms with E-state index in [0.717, 1.165) is 25.7 Å². The topological polar surface area (TPSA) is 35.5 Å². The lowest BCUT2D eigenvalue weighted by Crippen LogP contribution is -2.39. The van der Waals surface area contributed by atoms with Crippen LogP contribution in [0.5, 0.6) is 0 Å². The predicted octanol–water partition coefficient (Wildman–Crippen LogP) is 5.93. The third-order valence-corrected chi connectivity index (χ3v) is 6.50. The van der Waals surface area contributed by atoms with E-state index in [1.165, 1.54) is 0 Å². The number of allylic oxidation sites excluding steroid dienone is 2. The predicted molar refractivity (Wildman–Crippen MR) is 112 cm³/mol. The molecule has 0 radical (unpaired) electrons. The van der Waals surface area contributed by atoms with Gasteiger partial charge in [-0.2, -0.15) is 0 Å². The summed E-state index contributed by atoms with van der Waals surface area (Å²) in [6, 6.07) is 0. The third kappa shape index (κ3) is 10.5. The number of ketones is 1. The molecule has 0 spiro atoms. The molecule has 1 aliphatic rings. The Hall–Kier alpha value is -0.236. The fraction of sp³-hybridized carbons (Fsp3) is 0.850. The summed E-state index contributed by atoms with van der Waals surface area (Å²) in [5.74, 6) is 0.758. The highest BCUT2D eigenvalue weighted by molar-refractivity contribution is 6.70. The van der Waals surface area contributed by atoms with Crippen molar-refractivity contribution >= 4 is 22.4 Å². The lowest BCUT2D eigenvalue weighted by atomic mass is 9.83. The molecule has 3 nitrogen and oxygen atoms in total. The van der Waals surface area contributed by atoms with Gasteiger partial charge < -0.3 is 8.85 Å². The number of Topliss-reactive ketones (excluding diaryl/α,β-unsaturated/α-hetero) is 1. The third-order valence-electron chi connectivity index (χ3n) is 4.33. The second-order valence-electron chi connectivity index (χ2n) is 10.0. The van der Waals surface area contributed by atoms with E-state index in [4.69, 9.17) is 8.85 Å². The van der Waals surface area contributed by atoms with Crippen molar-refractivity contribution in [3.63, 3.8) is 0 Å². The molecular weight excluding hydrogens is 344 g/mol. The van der Waals surface area contributed by atoms with Crippen molar-refractivity contribution in [3.8, 4) is 0 Å². The van der Waals surface area contributed by atoms with E-state index in [1.807, 2.05) is 0 Å². The van der Waals surface area contributed by atoms with Crippen LogP contribution in [-0.2, 0) is 13.6 Å². The minimum Gasteiger partial charge on any atom is -0.414 e. The molecule has 0 heterocycles. The molecule has 0 saturated heterocycles. The average Bonchev–Trinajstić information content (AvgIpc) is 2.37. The summed E-state index contributed by atoms with van der Waals surface area (Å²) in [6.45, 7) is 17.8. The molecule has 0 aliphatic heterocycles. The normalized spacial score (nSPS) is 23.4. The Kier molecular flexibility index (Phi) is 8.31. The van der Waals surface area contributed by atoms with Crippen LogP contribution >= 0.6 is 0 Å². The molecule has 2 atom stereocenters. The van der Waals surface area contributed by atoms with Gasteiger partial charge in [0.1, 0.15) is 5.78 Å². The second-order valence-corrected chi connectivity index (χ2v) is 18.9. The first-order valence-electron chi connectivity index (χ1n) is 9.82. The van der Waals surface area contributed by atoms with Gasteiger partial charge in [-0.3, -0.25) is 4.79 Å². The van der Waals surface area contributed by atoms with Crippen LogP contribution in [0.4, 0.5) is 0 Å². The summed E-state index contributed by atoms with van der Waals surface area (Å²) in [7, 11) is -3.06. The molecule has 0 aromatic carbocycles. The van der Waals surface area contributed by atoms with E-state index in [9.17, 15) is 4.79 Å². The number of carbonyl (C=O) groups is 1. The average molecular weight is 385 g/mol. The van der Waals surface area contributed by atoms with Crippen molar-refractivity contribution in [3.05, 3.63) is 12.2 Å². The maximum Gasteiger partial charge on any atom is 0.184 e. The molecule has 2 unspecified atom stereocenters. The Labute approximate surface area is 157 Å². The first-order valence-corrected chi connectivity index (χ1v) is 16.6. The van der Waals surface area contributed by atoms with Gasteiger partial charge in [0.05, 0.1) is 5.60 Å². The quantitative estimate of drug-likeness (QED) is 0.365. The highest BCUT2D eigenvalue weighted by Crippen LogP contribution is 2.30. The monoisotopic (exact) mass is 384 g/mol. The van der Waals surface area contributed by atoms with Crippen molar-refractivity contribution in [2.75, 3.05) is 0 Å². The van der Waals surface area contributed by atoms with Gasteiger partial charge in [-0.05, 0) is 84.7 Å². The minimum absolute atomic E-state index is 0.0565. The highest BCUT2D eigenvalue weighted by Gasteiger charge is 2.32. The fourth-order valence-electron chi connectivity index (χ4n) is 3.61. The molecule has 1 aliphatic carbocycles. The number of rotatable bonds is 9. The number of carbonyl (C=O) groups excluding carboxylic acids is 1. The summed E-state index contributed by atoms with van der Waals surface area (Å²) in [4.78, 5) is 11.9. The molecular formula is C20H40O3Si2. The lowest BCUT2D eigenvalue weighted by molar-refractivity contribution is -0.123. The van der Waals surface area contributed by atoms with Crippen LogP contribution < -0.4 is 0 Å². The van der Waals surface area contributed by atoms with Crippen LogP contribution in [0.25, 0.3) is 0 Å². The molecule has 0 N–H and O–H groups in total. The van der Waals surface area contributed by atoms with Crippen LogP contribution in [0, 0.1) is 5.92 Å². The first kappa shape index (κ1) is 22.8. The number of hydrogen-bond donors (Lipinski definition) is 0. The van der Waals surface area contributed by atoms with Gasteiger partial charge >= 0.3 is 0 Å². The second kappa shape index (κ2) is 9.11. The Morgan fingerprint density at radius 3 is 2.28 bits per heavy atom.